The Morgan fingerprint density at radius 1 is 1.19 bits per heavy atom. The average Bonchev–Trinajstić information content (AvgIpc) is 2.69. The van der Waals surface area contributed by atoms with Crippen molar-refractivity contribution in [2.24, 2.45) is 5.41 Å². The second-order valence-electron chi connectivity index (χ2n) is 8.85. The molecule has 0 fully saturated rings. The molecule has 0 aromatic heterocycles. The Morgan fingerprint density at radius 3 is 2.53 bits per heavy atom. The standard InChI is InChI=1S/C25H40NO5P/c1-7-17-30-32(28,29)31-18-16-26-24(27)19-21(3)11-8-10-20(2)13-14-23-22(4)12-9-15-25(23,5)6/h8,10-11,13-14,19H,7,9,12,15-18H2,1-6H3,(H,26,27)(H,28,29)/b11-8+,14-13+,20-10+,21-19+. The van der Waals surface area contributed by atoms with Gasteiger partial charge in [0.2, 0.25) is 5.91 Å². The first kappa shape index (κ1) is 28.3. The number of amides is 1. The number of carbonyl (C=O) groups is 1. The SMILES string of the molecule is CCCOP(=O)(O)OCCNC(=O)/C=C(C)/C=C/C=C(C)/C=C/C1=C(C)CCCC1(C)C. The van der Waals surface area contributed by atoms with Crippen LogP contribution in [0.4, 0.5) is 0 Å². The van der Waals surface area contributed by atoms with Crippen LogP contribution in [0.25, 0.3) is 0 Å². The minimum absolute atomic E-state index is 0.104. The summed E-state index contributed by atoms with van der Waals surface area (Å²) in [5.74, 6) is -0.291. The van der Waals surface area contributed by atoms with Gasteiger partial charge in [-0.1, -0.05) is 62.3 Å². The summed E-state index contributed by atoms with van der Waals surface area (Å²) in [6, 6.07) is 0. The van der Waals surface area contributed by atoms with E-state index < -0.39 is 7.82 Å². The maximum atomic E-state index is 11.9. The second kappa shape index (κ2) is 13.7. The highest BCUT2D eigenvalue weighted by Gasteiger charge is 2.26. The lowest BCUT2D eigenvalue weighted by molar-refractivity contribution is -0.116. The summed E-state index contributed by atoms with van der Waals surface area (Å²) in [5.41, 5.74) is 5.07. The largest absolute Gasteiger partial charge is 0.472 e. The van der Waals surface area contributed by atoms with Gasteiger partial charge in [-0.3, -0.25) is 13.8 Å². The number of hydrogen-bond donors (Lipinski definition) is 2. The van der Waals surface area contributed by atoms with Crippen molar-refractivity contribution in [2.45, 2.75) is 67.2 Å². The van der Waals surface area contributed by atoms with Gasteiger partial charge in [-0.25, -0.2) is 4.57 Å². The van der Waals surface area contributed by atoms with E-state index >= 15 is 0 Å². The third kappa shape index (κ3) is 11.2. The summed E-state index contributed by atoms with van der Waals surface area (Å²) in [4.78, 5) is 21.4. The highest BCUT2D eigenvalue weighted by Crippen LogP contribution is 2.43. The molecule has 1 aliphatic carbocycles. The molecule has 0 aromatic carbocycles. The van der Waals surface area contributed by atoms with Gasteiger partial charge in [0.05, 0.1) is 13.2 Å². The highest BCUT2D eigenvalue weighted by molar-refractivity contribution is 7.47. The second-order valence-corrected chi connectivity index (χ2v) is 10.3. The summed E-state index contributed by atoms with van der Waals surface area (Å²) in [7, 11) is -4.04. The zero-order chi connectivity index (χ0) is 24.2. The number of rotatable bonds is 12. The molecule has 1 atom stereocenters. The van der Waals surface area contributed by atoms with Gasteiger partial charge in [0.1, 0.15) is 0 Å². The molecule has 0 aliphatic heterocycles. The summed E-state index contributed by atoms with van der Waals surface area (Å²) in [6.45, 7) is 12.7. The molecule has 0 heterocycles. The van der Waals surface area contributed by atoms with Crippen LogP contribution in [-0.4, -0.2) is 30.6 Å². The number of allylic oxidation sites excluding steroid dienone is 9. The Balaban J connectivity index is 2.50. The first-order valence-corrected chi connectivity index (χ1v) is 12.8. The Bertz CT molecular complexity index is 833. The van der Waals surface area contributed by atoms with E-state index in [9.17, 15) is 14.3 Å². The number of carbonyl (C=O) groups excluding carboxylic acids is 1. The molecule has 180 valence electrons. The fourth-order valence-corrected chi connectivity index (χ4v) is 4.33. The molecular weight excluding hydrogens is 425 g/mol. The molecule has 0 aromatic rings. The fourth-order valence-electron chi connectivity index (χ4n) is 3.52. The maximum absolute atomic E-state index is 11.9. The fraction of sp³-hybridized carbons (Fsp3) is 0.560. The Kier molecular flexibility index (Phi) is 12.2. The summed E-state index contributed by atoms with van der Waals surface area (Å²) in [6.07, 6.45) is 15.9. The molecule has 7 heteroatoms. The van der Waals surface area contributed by atoms with Crippen molar-refractivity contribution < 1.29 is 23.3 Å². The topological polar surface area (TPSA) is 84.9 Å². The van der Waals surface area contributed by atoms with Gasteiger partial charge in [-0.2, -0.15) is 0 Å². The van der Waals surface area contributed by atoms with Crippen LogP contribution in [0, 0.1) is 5.41 Å². The van der Waals surface area contributed by atoms with E-state index in [2.05, 4.69) is 45.2 Å². The van der Waals surface area contributed by atoms with Crippen LogP contribution >= 0.6 is 7.82 Å². The molecule has 1 aliphatic rings. The van der Waals surface area contributed by atoms with Crippen LogP contribution in [0.15, 0.2) is 58.7 Å². The third-order valence-corrected chi connectivity index (χ3v) is 6.26. The molecule has 1 unspecified atom stereocenters. The minimum Gasteiger partial charge on any atom is -0.350 e. The number of nitrogens with one attached hydrogen (secondary N) is 1. The van der Waals surface area contributed by atoms with Crippen LogP contribution in [0.1, 0.15) is 67.2 Å². The van der Waals surface area contributed by atoms with Gasteiger partial charge < -0.3 is 10.2 Å². The van der Waals surface area contributed by atoms with E-state index in [1.165, 1.54) is 36.5 Å². The molecule has 0 saturated carbocycles. The molecule has 1 rings (SSSR count). The lowest BCUT2D eigenvalue weighted by Gasteiger charge is -2.32. The number of phosphoric acid groups is 1. The lowest BCUT2D eigenvalue weighted by atomic mass is 9.72. The van der Waals surface area contributed by atoms with Gasteiger partial charge in [0.15, 0.2) is 0 Å². The summed E-state index contributed by atoms with van der Waals surface area (Å²) < 4.78 is 21.0. The van der Waals surface area contributed by atoms with Crippen LogP contribution in [0.5, 0.6) is 0 Å². The highest BCUT2D eigenvalue weighted by atomic mass is 31.2. The van der Waals surface area contributed by atoms with E-state index in [1.807, 2.05) is 32.1 Å². The van der Waals surface area contributed by atoms with E-state index in [0.717, 1.165) is 11.1 Å². The van der Waals surface area contributed by atoms with Crippen molar-refractivity contribution in [2.75, 3.05) is 19.8 Å². The van der Waals surface area contributed by atoms with Crippen molar-refractivity contribution in [1.29, 1.82) is 0 Å². The van der Waals surface area contributed by atoms with Crippen molar-refractivity contribution in [3.05, 3.63) is 58.7 Å². The smallest absolute Gasteiger partial charge is 0.350 e. The number of phosphoric ester groups is 1. The third-order valence-electron chi connectivity index (χ3n) is 5.25. The molecule has 1 amide bonds. The van der Waals surface area contributed by atoms with Gasteiger partial charge in [0, 0.05) is 12.6 Å². The predicted molar refractivity (Wildman–Crippen MR) is 131 cm³/mol. The van der Waals surface area contributed by atoms with E-state index in [0.29, 0.717) is 6.42 Å². The van der Waals surface area contributed by atoms with Crippen molar-refractivity contribution in [3.63, 3.8) is 0 Å². The minimum atomic E-state index is -4.04. The molecule has 2 N–H and O–H groups in total. The van der Waals surface area contributed by atoms with Gasteiger partial charge in [-0.05, 0) is 63.0 Å². The quantitative estimate of drug-likeness (QED) is 0.156. The number of hydrogen-bond acceptors (Lipinski definition) is 4. The van der Waals surface area contributed by atoms with Crippen LogP contribution < -0.4 is 5.32 Å². The van der Waals surface area contributed by atoms with Crippen molar-refractivity contribution in [3.8, 4) is 0 Å². The van der Waals surface area contributed by atoms with Crippen LogP contribution in [0.2, 0.25) is 0 Å². The monoisotopic (exact) mass is 465 g/mol. The average molecular weight is 466 g/mol. The van der Waals surface area contributed by atoms with Gasteiger partial charge >= 0.3 is 7.82 Å². The Hall–Kier alpha value is -1.72. The normalized spacial score (nSPS) is 19.6. The molecule has 0 spiro atoms. The zero-order valence-corrected chi connectivity index (χ0v) is 21.3. The summed E-state index contributed by atoms with van der Waals surface area (Å²) >= 11 is 0. The molecule has 0 bridgehead atoms. The Labute approximate surface area is 193 Å². The molecule has 0 saturated heterocycles. The van der Waals surface area contributed by atoms with E-state index in [4.69, 9.17) is 9.05 Å². The first-order chi connectivity index (χ1) is 15.0. The molecular formula is C25H40NO5P. The first-order valence-electron chi connectivity index (χ1n) is 11.3. The molecule has 6 nitrogen and oxygen atoms in total. The van der Waals surface area contributed by atoms with Gasteiger partial charge in [0.25, 0.3) is 0 Å². The van der Waals surface area contributed by atoms with E-state index in [1.54, 1.807) is 0 Å². The van der Waals surface area contributed by atoms with Crippen LogP contribution in [0.3, 0.4) is 0 Å². The lowest BCUT2D eigenvalue weighted by Crippen LogP contribution is -2.25. The van der Waals surface area contributed by atoms with Crippen molar-refractivity contribution in [1.82, 2.24) is 5.32 Å². The molecule has 32 heavy (non-hydrogen) atoms. The van der Waals surface area contributed by atoms with Crippen LogP contribution in [-0.2, 0) is 18.4 Å². The van der Waals surface area contributed by atoms with E-state index in [-0.39, 0.29) is 31.1 Å². The summed E-state index contributed by atoms with van der Waals surface area (Å²) in [5, 5.41) is 2.62. The zero-order valence-electron chi connectivity index (χ0n) is 20.4. The predicted octanol–water partition coefficient (Wildman–Crippen LogP) is 6.18. The Morgan fingerprint density at radius 2 is 1.88 bits per heavy atom. The van der Waals surface area contributed by atoms with Crippen molar-refractivity contribution >= 4 is 13.7 Å². The maximum Gasteiger partial charge on any atom is 0.472 e. The van der Waals surface area contributed by atoms with Gasteiger partial charge in [-0.15, -0.1) is 0 Å². The molecule has 0 radical (unpaired) electrons.